The third-order valence-corrected chi connectivity index (χ3v) is 4.03. The van der Waals surface area contributed by atoms with Gasteiger partial charge in [-0.25, -0.2) is 0 Å². The van der Waals surface area contributed by atoms with Crippen molar-refractivity contribution in [3.8, 4) is 0 Å². The van der Waals surface area contributed by atoms with Crippen LogP contribution in [0.5, 0.6) is 0 Å². The van der Waals surface area contributed by atoms with Gasteiger partial charge in [-0.3, -0.25) is 9.59 Å². The Bertz CT molecular complexity index is 454. The summed E-state index contributed by atoms with van der Waals surface area (Å²) in [6.45, 7) is 6.21. The van der Waals surface area contributed by atoms with Crippen LogP contribution < -0.4 is 5.32 Å². The zero-order valence-corrected chi connectivity index (χ0v) is 13.1. The molecule has 1 amide bonds. The van der Waals surface area contributed by atoms with Crippen molar-refractivity contribution in [2.45, 2.75) is 46.1 Å². The molecule has 0 saturated heterocycles. The van der Waals surface area contributed by atoms with E-state index in [0.717, 1.165) is 9.75 Å². The van der Waals surface area contributed by atoms with E-state index in [-0.39, 0.29) is 36.6 Å². The highest BCUT2D eigenvalue weighted by Crippen LogP contribution is 2.17. The number of ketones is 1. The molecule has 1 heterocycles. The molecule has 0 aliphatic carbocycles. The van der Waals surface area contributed by atoms with Gasteiger partial charge >= 0.3 is 0 Å². The van der Waals surface area contributed by atoms with Crippen molar-refractivity contribution >= 4 is 23.0 Å². The number of aliphatic hydroxyl groups excluding tert-OH is 1. The molecular formula is C15H23NO3S. The maximum absolute atomic E-state index is 11.8. The van der Waals surface area contributed by atoms with Crippen LogP contribution >= 0.6 is 11.3 Å². The molecular weight excluding hydrogens is 274 g/mol. The first kappa shape index (κ1) is 16.9. The van der Waals surface area contributed by atoms with Crippen LogP contribution in [0, 0.1) is 12.8 Å². The largest absolute Gasteiger partial charge is 0.393 e. The van der Waals surface area contributed by atoms with Crippen LogP contribution in [-0.2, 0) is 4.79 Å². The highest BCUT2D eigenvalue weighted by atomic mass is 32.1. The molecule has 0 saturated carbocycles. The van der Waals surface area contributed by atoms with Crippen molar-refractivity contribution in [1.29, 1.82) is 0 Å². The first-order valence-electron chi connectivity index (χ1n) is 6.93. The second kappa shape index (κ2) is 8.17. The monoisotopic (exact) mass is 297 g/mol. The molecule has 0 aliphatic rings. The summed E-state index contributed by atoms with van der Waals surface area (Å²) in [6.07, 6.45) is 0.770. The number of thiophene rings is 1. The third kappa shape index (κ3) is 6.30. The Balaban J connectivity index is 2.24. The molecule has 1 aromatic rings. The molecule has 0 spiro atoms. The highest BCUT2D eigenvalue weighted by Gasteiger charge is 2.12. The van der Waals surface area contributed by atoms with Crippen LogP contribution in [0.3, 0.4) is 0 Å². The lowest BCUT2D eigenvalue weighted by atomic mass is 10.0. The lowest BCUT2D eigenvalue weighted by molar-refractivity contribution is -0.121. The minimum Gasteiger partial charge on any atom is -0.393 e. The second-order valence-corrected chi connectivity index (χ2v) is 6.62. The average Bonchev–Trinajstić information content (AvgIpc) is 2.79. The summed E-state index contributed by atoms with van der Waals surface area (Å²) < 4.78 is 0. The van der Waals surface area contributed by atoms with Crippen molar-refractivity contribution in [3.05, 3.63) is 21.9 Å². The van der Waals surface area contributed by atoms with Gasteiger partial charge in [-0.1, -0.05) is 6.92 Å². The van der Waals surface area contributed by atoms with E-state index in [9.17, 15) is 14.7 Å². The number of hydrogen-bond donors (Lipinski definition) is 2. The van der Waals surface area contributed by atoms with Crippen LogP contribution in [0.2, 0.25) is 0 Å². The quantitative estimate of drug-likeness (QED) is 0.725. The molecule has 20 heavy (non-hydrogen) atoms. The van der Waals surface area contributed by atoms with Gasteiger partial charge in [0.1, 0.15) is 0 Å². The Morgan fingerprint density at radius 1 is 1.30 bits per heavy atom. The maximum atomic E-state index is 11.8. The van der Waals surface area contributed by atoms with Gasteiger partial charge < -0.3 is 10.4 Å². The molecule has 2 atom stereocenters. The van der Waals surface area contributed by atoms with Crippen LogP contribution in [-0.4, -0.2) is 29.4 Å². The number of amides is 1. The summed E-state index contributed by atoms with van der Waals surface area (Å²) in [5.41, 5.74) is 0. The van der Waals surface area contributed by atoms with Crippen molar-refractivity contribution in [3.63, 3.8) is 0 Å². The van der Waals surface area contributed by atoms with E-state index in [1.165, 1.54) is 11.3 Å². The zero-order chi connectivity index (χ0) is 15.1. The third-order valence-electron chi connectivity index (χ3n) is 2.99. The topological polar surface area (TPSA) is 66.4 Å². The standard InChI is InChI=1S/C15H23NO3S/c1-10(8-11(2)17)9-16-15(19)7-5-13(18)14-6-4-12(3)20-14/h4,6,10-11,17H,5,7-9H2,1-3H3,(H,16,19). The summed E-state index contributed by atoms with van der Waals surface area (Å²) in [5, 5.41) is 12.0. The van der Waals surface area contributed by atoms with Gasteiger partial charge in [0.05, 0.1) is 11.0 Å². The van der Waals surface area contributed by atoms with Gasteiger partial charge in [-0.05, 0) is 38.3 Å². The van der Waals surface area contributed by atoms with Crippen LogP contribution in [0.25, 0.3) is 0 Å². The van der Waals surface area contributed by atoms with Crippen LogP contribution in [0.4, 0.5) is 0 Å². The number of carbonyl (C=O) groups is 2. The van der Waals surface area contributed by atoms with E-state index in [1.54, 1.807) is 6.92 Å². The summed E-state index contributed by atoms with van der Waals surface area (Å²) in [6, 6.07) is 3.72. The molecule has 2 unspecified atom stereocenters. The second-order valence-electron chi connectivity index (χ2n) is 5.33. The first-order chi connectivity index (χ1) is 9.38. The Hall–Kier alpha value is -1.20. The number of Topliss-reactive ketones (excluding diaryl/α,β-unsaturated/α-hetero) is 1. The van der Waals surface area contributed by atoms with E-state index in [2.05, 4.69) is 5.32 Å². The van der Waals surface area contributed by atoms with Crippen molar-refractivity contribution < 1.29 is 14.7 Å². The number of aliphatic hydroxyl groups is 1. The van der Waals surface area contributed by atoms with Crippen molar-refractivity contribution in [2.75, 3.05) is 6.54 Å². The van der Waals surface area contributed by atoms with Crippen molar-refractivity contribution in [1.82, 2.24) is 5.32 Å². The molecule has 112 valence electrons. The van der Waals surface area contributed by atoms with E-state index in [0.29, 0.717) is 13.0 Å². The molecule has 1 aromatic heterocycles. The molecule has 0 bridgehead atoms. The highest BCUT2D eigenvalue weighted by molar-refractivity contribution is 7.14. The molecule has 0 aliphatic heterocycles. The number of rotatable bonds is 8. The molecule has 1 rings (SSSR count). The first-order valence-corrected chi connectivity index (χ1v) is 7.74. The maximum Gasteiger partial charge on any atom is 0.220 e. The van der Waals surface area contributed by atoms with E-state index in [1.807, 2.05) is 26.0 Å². The van der Waals surface area contributed by atoms with Gasteiger partial charge in [0, 0.05) is 24.3 Å². The normalized spacial score (nSPS) is 13.8. The lowest BCUT2D eigenvalue weighted by Crippen LogP contribution is -2.29. The van der Waals surface area contributed by atoms with Crippen molar-refractivity contribution in [2.24, 2.45) is 5.92 Å². The number of hydrogen-bond acceptors (Lipinski definition) is 4. The Morgan fingerprint density at radius 3 is 2.55 bits per heavy atom. The predicted octanol–water partition coefficient (Wildman–Crippen LogP) is 2.54. The van der Waals surface area contributed by atoms with Gasteiger partial charge in [-0.15, -0.1) is 11.3 Å². The number of carbonyl (C=O) groups excluding carboxylic acids is 2. The number of aryl methyl sites for hydroxylation is 1. The van der Waals surface area contributed by atoms with Gasteiger partial charge in [0.2, 0.25) is 5.91 Å². The number of nitrogens with one attached hydrogen (secondary N) is 1. The molecule has 0 aromatic carbocycles. The fraction of sp³-hybridized carbons (Fsp3) is 0.600. The van der Waals surface area contributed by atoms with Crippen LogP contribution in [0.15, 0.2) is 12.1 Å². The summed E-state index contributed by atoms with van der Waals surface area (Å²) >= 11 is 1.46. The minimum absolute atomic E-state index is 0.0234. The molecule has 0 radical (unpaired) electrons. The summed E-state index contributed by atoms with van der Waals surface area (Å²) in [7, 11) is 0. The van der Waals surface area contributed by atoms with E-state index < -0.39 is 0 Å². The summed E-state index contributed by atoms with van der Waals surface area (Å²) in [5.74, 6) is 0.147. The molecule has 0 fully saturated rings. The van der Waals surface area contributed by atoms with E-state index >= 15 is 0 Å². The predicted molar refractivity (Wildman–Crippen MR) is 81.1 cm³/mol. The van der Waals surface area contributed by atoms with Gasteiger partial charge in [0.25, 0.3) is 0 Å². The van der Waals surface area contributed by atoms with Crippen LogP contribution in [0.1, 0.15) is 47.7 Å². The van der Waals surface area contributed by atoms with E-state index in [4.69, 9.17) is 0 Å². The zero-order valence-electron chi connectivity index (χ0n) is 12.3. The van der Waals surface area contributed by atoms with Gasteiger partial charge in [0.15, 0.2) is 5.78 Å². The Labute approximate surface area is 124 Å². The average molecular weight is 297 g/mol. The SMILES string of the molecule is Cc1ccc(C(=O)CCC(=O)NCC(C)CC(C)O)s1. The lowest BCUT2D eigenvalue weighted by Gasteiger charge is -2.14. The minimum atomic E-state index is -0.356. The smallest absolute Gasteiger partial charge is 0.220 e. The molecule has 2 N–H and O–H groups in total. The Kier molecular flexibility index (Phi) is 6.88. The van der Waals surface area contributed by atoms with Gasteiger partial charge in [-0.2, -0.15) is 0 Å². The fourth-order valence-corrected chi connectivity index (χ4v) is 2.81. The molecule has 4 nitrogen and oxygen atoms in total. The molecule has 5 heteroatoms. The fourth-order valence-electron chi connectivity index (χ4n) is 1.98. The Morgan fingerprint density at radius 2 is 2.00 bits per heavy atom. The summed E-state index contributed by atoms with van der Waals surface area (Å²) in [4.78, 5) is 25.3.